The van der Waals surface area contributed by atoms with E-state index in [4.69, 9.17) is 0 Å². The molecule has 0 aromatic heterocycles. The van der Waals surface area contributed by atoms with E-state index in [1.807, 2.05) is 0 Å². The minimum Gasteiger partial charge on any atom is -0.872 e. The van der Waals surface area contributed by atoms with Crippen LogP contribution in [-0.2, 0) is 4.79 Å². The summed E-state index contributed by atoms with van der Waals surface area (Å²) in [5.74, 6) is -1.35. The SMILES string of the molecule is O=C(CNc1ccc(F)cc1)N/N=C\c1cc([N+](=O)[O-])ccc1[O-]. The molecule has 0 saturated heterocycles. The molecule has 9 heteroatoms. The molecule has 2 rings (SSSR count). The number of hydrogen-bond acceptors (Lipinski definition) is 6. The molecule has 0 radical (unpaired) electrons. The van der Waals surface area contributed by atoms with Crippen LogP contribution in [0.5, 0.6) is 5.75 Å². The Kier molecular flexibility index (Phi) is 5.40. The number of anilines is 1. The smallest absolute Gasteiger partial charge is 0.270 e. The fourth-order valence-corrected chi connectivity index (χ4v) is 1.71. The predicted octanol–water partition coefficient (Wildman–Crippen LogP) is 1.37. The molecule has 2 aromatic carbocycles. The second kappa shape index (κ2) is 7.68. The summed E-state index contributed by atoms with van der Waals surface area (Å²) >= 11 is 0. The molecule has 24 heavy (non-hydrogen) atoms. The van der Waals surface area contributed by atoms with Gasteiger partial charge in [-0.15, -0.1) is 0 Å². The molecular weight excluding hydrogens is 319 g/mol. The number of hydrazone groups is 1. The van der Waals surface area contributed by atoms with Crippen molar-refractivity contribution in [3.63, 3.8) is 0 Å². The maximum absolute atomic E-state index is 12.7. The lowest BCUT2D eigenvalue weighted by Gasteiger charge is -2.08. The van der Waals surface area contributed by atoms with Gasteiger partial charge in [0.15, 0.2) is 0 Å². The lowest BCUT2D eigenvalue weighted by molar-refractivity contribution is -0.385. The van der Waals surface area contributed by atoms with E-state index in [0.717, 1.165) is 24.4 Å². The van der Waals surface area contributed by atoms with E-state index >= 15 is 0 Å². The summed E-state index contributed by atoms with van der Waals surface area (Å²) in [5.41, 5.74) is 2.46. The van der Waals surface area contributed by atoms with Gasteiger partial charge in [0.05, 0.1) is 17.7 Å². The van der Waals surface area contributed by atoms with Crippen LogP contribution in [-0.4, -0.2) is 23.6 Å². The van der Waals surface area contributed by atoms with Crippen molar-refractivity contribution in [2.24, 2.45) is 5.10 Å². The first kappa shape index (κ1) is 16.9. The van der Waals surface area contributed by atoms with Crippen molar-refractivity contribution in [3.8, 4) is 5.75 Å². The molecule has 0 fully saturated rings. The predicted molar refractivity (Wildman–Crippen MR) is 83.2 cm³/mol. The van der Waals surface area contributed by atoms with Crippen molar-refractivity contribution in [1.29, 1.82) is 0 Å². The van der Waals surface area contributed by atoms with Crippen LogP contribution in [0.3, 0.4) is 0 Å². The van der Waals surface area contributed by atoms with Gasteiger partial charge in [-0.2, -0.15) is 5.10 Å². The summed E-state index contributed by atoms with van der Waals surface area (Å²) in [4.78, 5) is 21.6. The van der Waals surface area contributed by atoms with Crippen LogP contribution < -0.4 is 15.8 Å². The molecule has 0 saturated carbocycles. The Labute approximate surface area is 135 Å². The summed E-state index contributed by atoms with van der Waals surface area (Å²) in [5, 5.41) is 28.5. The van der Waals surface area contributed by atoms with Crippen molar-refractivity contribution in [2.45, 2.75) is 0 Å². The van der Waals surface area contributed by atoms with E-state index in [-0.39, 0.29) is 23.6 Å². The average molecular weight is 331 g/mol. The zero-order valence-corrected chi connectivity index (χ0v) is 12.2. The molecule has 124 valence electrons. The highest BCUT2D eigenvalue weighted by atomic mass is 19.1. The average Bonchev–Trinajstić information content (AvgIpc) is 2.56. The lowest BCUT2D eigenvalue weighted by atomic mass is 10.2. The maximum Gasteiger partial charge on any atom is 0.270 e. The highest BCUT2D eigenvalue weighted by Gasteiger charge is 2.05. The zero-order valence-electron chi connectivity index (χ0n) is 12.2. The van der Waals surface area contributed by atoms with E-state index in [9.17, 15) is 24.4 Å². The summed E-state index contributed by atoms with van der Waals surface area (Å²) in [6.07, 6.45) is 1.03. The molecule has 0 spiro atoms. The van der Waals surface area contributed by atoms with E-state index < -0.39 is 16.6 Å². The number of carbonyl (C=O) groups excluding carboxylic acids is 1. The third-order valence-electron chi connectivity index (χ3n) is 2.89. The monoisotopic (exact) mass is 331 g/mol. The van der Waals surface area contributed by atoms with Gasteiger partial charge in [-0.1, -0.05) is 11.8 Å². The fourth-order valence-electron chi connectivity index (χ4n) is 1.71. The number of non-ortho nitro benzene ring substituents is 1. The van der Waals surface area contributed by atoms with Crippen LogP contribution in [0.2, 0.25) is 0 Å². The van der Waals surface area contributed by atoms with E-state index in [1.165, 1.54) is 24.3 Å². The lowest BCUT2D eigenvalue weighted by Crippen LogP contribution is -2.25. The molecule has 2 aromatic rings. The Morgan fingerprint density at radius 1 is 1.25 bits per heavy atom. The van der Waals surface area contributed by atoms with E-state index in [1.54, 1.807) is 0 Å². The molecule has 0 aliphatic rings. The molecule has 0 bridgehead atoms. The first-order chi connectivity index (χ1) is 11.5. The second-order valence-electron chi connectivity index (χ2n) is 4.63. The molecule has 0 aliphatic carbocycles. The first-order valence-corrected chi connectivity index (χ1v) is 6.72. The normalized spacial score (nSPS) is 10.5. The van der Waals surface area contributed by atoms with Gasteiger partial charge in [-0.05, 0) is 29.8 Å². The number of amides is 1. The molecule has 2 N–H and O–H groups in total. The largest absolute Gasteiger partial charge is 0.872 e. The van der Waals surface area contributed by atoms with Crippen molar-refractivity contribution in [1.82, 2.24) is 5.43 Å². The Morgan fingerprint density at radius 3 is 2.62 bits per heavy atom. The number of rotatable bonds is 6. The number of nitrogens with one attached hydrogen (secondary N) is 2. The van der Waals surface area contributed by atoms with Crippen LogP contribution in [0, 0.1) is 15.9 Å². The summed E-state index contributed by atoms with van der Waals surface area (Å²) in [6, 6.07) is 8.64. The molecule has 0 atom stereocenters. The molecule has 8 nitrogen and oxygen atoms in total. The number of benzene rings is 2. The number of nitro benzene ring substituents is 1. The van der Waals surface area contributed by atoms with Crippen LogP contribution in [0.1, 0.15) is 5.56 Å². The highest BCUT2D eigenvalue weighted by molar-refractivity contribution is 5.86. The fraction of sp³-hybridized carbons (Fsp3) is 0.0667. The highest BCUT2D eigenvalue weighted by Crippen LogP contribution is 2.18. The van der Waals surface area contributed by atoms with E-state index in [0.29, 0.717) is 5.69 Å². The van der Waals surface area contributed by atoms with Crippen LogP contribution >= 0.6 is 0 Å². The Bertz CT molecular complexity index is 778. The van der Waals surface area contributed by atoms with Crippen molar-refractivity contribution >= 4 is 23.5 Å². The van der Waals surface area contributed by atoms with Gasteiger partial charge in [0, 0.05) is 17.8 Å². The third-order valence-corrected chi connectivity index (χ3v) is 2.89. The Balaban J connectivity index is 1.89. The van der Waals surface area contributed by atoms with Gasteiger partial charge >= 0.3 is 0 Å². The van der Waals surface area contributed by atoms with Crippen molar-refractivity contribution < 1.29 is 19.2 Å². The number of carbonyl (C=O) groups is 1. The van der Waals surface area contributed by atoms with Gasteiger partial charge < -0.3 is 10.4 Å². The van der Waals surface area contributed by atoms with Crippen LogP contribution in [0.4, 0.5) is 15.8 Å². The Morgan fingerprint density at radius 2 is 1.96 bits per heavy atom. The topological polar surface area (TPSA) is 120 Å². The summed E-state index contributed by atoms with van der Waals surface area (Å²) < 4.78 is 12.7. The van der Waals surface area contributed by atoms with Gasteiger partial charge in [0.1, 0.15) is 5.82 Å². The van der Waals surface area contributed by atoms with Gasteiger partial charge in [-0.25, -0.2) is 9.82 Å². The number of nitro groups is 1. The summed E-state index contributed by atoms with van der Waals surface area (Å²) in [7, 11) is 0. The van der Waals surface area contributed by atoms with Gasteiger partial charge in [0.2, 0.25) is 0 Å². The van der Waals surface area contributed by atoms with Crippen LogP contribution in [0.15, 0.2) is 47.6 Å². The molecule has 1 amide bonds. The zero-order chi connectivity index (χ0) is 17.5. The number of hydrogen-bond donors (Lipinski definition) is 2. The van der Waals surface area contributed by atoms with Gasteiger partial charge in [0.25, 0.3) is 11.6 Å². The molecule has 0 heterocycles. The molecule has 0 aliphatic heterocycles. The molecular formula is C15H12FN4O4-. The first-order valence-electron chi connectivity index (χ1n) is 6.72. The third kappa shape index (κ3) is 4.77. The summed E-state index contributed by atoms with van der Waals surface area (Å²) in [6.45, 7) is -0.123. The minimum absolute atomic E-state index is 0.0176. The Hall–Kier alpha value is -3.49. The number of halogens is 1. The minimum atomic E-state index is -0.637. The quantitative estimate of drug-likeness (QED) is 0.470. The van der Waals surface area contributed by atoms with E-state index in [2.05, 4.69) is 15.8 Å². The molecule has 0 unspecified atom stereocenters. The van der Waals surface area contributed by atoms with Crippen molar-refractivity contribution in [2.75, 3.05) is 11.9 Å². The van der Waals surface area contributed by atoms with Crippen LogP contribution in [0.25, 0.3) is 0 Å². The maximum atomic E-state index is 12.7. The van der Waals surface area contributed by atoms with Crippen molar-refractivity contribution in [3.05, 3.63) is 64.0 Å². The van der Waals surface area contributed by atoms with Gasteiger partial charge in [-0.3, -0.25) is 14.9 Å². The second-order valence-corrected chi connectivity index (χ2v) is 4.63. The standard InChI is InChI=1S/C15H13FN4O4/c16-11-1-3-12(4-2-11)17-9-15(22)19-18-8-10-7-13(20(23)24)5-6-14(10)21/h1-8,17,21H,9H2,(H,19,22)/p-1/b18-8-. The number of nitrogens with zero attached hydrogens (tertiary/aromatic N) is 2.